The van der Waals surface area contributed by atoms with Crippen molar-refractivity contribution in [2.75, 3.05) is 0 Å². The lowest BCUT2D eigenvalue weighted by Crippen LogP contribution is -2.13. The van der Waals surface area contributed by atoms with E-state index in [2.05, 4.69) is 15.2 Å². The monoisotopic (exact) mass is 395 g/mol. The molecule has 0 saturated heterocycles. The molecule has 0 fully saturated rings. The molecular formula is C18H14F5N5. The second-order valence-corrected chi connectivity index (χ2v) is 6.33. The summed E-state index contributed by atoms with van der Waals surface area (Å²) in [6, 6.07) is 6.52. The molecule has 0 N–H and O–H groups in total. The van der Waals surface area contributed by atoms with E-state index in [1.165, 1.54) is 16.9 Å². The molecule has 5 nitrogen and oxygen atoms in total. The third-order valence-corrected chi connectivity index (χ3v) is 4.57. The number of para-hydroxylation sites is 1. The molecule has 0 amide bonds. The smallest absolute Gasteiger partial charge is 0.214 e. The number of aryl methyl sites for hydroxylation is 2. The van der Waals surface area contributed by atoms with E-state index in [0.29, 0.717) is 10.9 Å². The number of aromatic nitrogens is 5. The van der Waals surface area contributed by atoms with Gasteiger partial charge >= 0.3 is 6.18 Å². The summed E-state index contributed by atoms with van der Waals surface area (Å²) in [5.41, 5.74) is 0.864. The van der Waals surface area contributed by atoms with Crippen LogP contribution < -0.4 is 0 Å². The van der Waals surface area contributed by atoms with Crippen LogP contribution in [-0.4, -0.2) is 24.4 Å². The average Bonchev–Trinajstić information content (AvgIpc) is 3.24. The first-order chi connectivity index (χ1) is 13.2. The lowest BCUT2D eigenvalue weighted by Gasteiger charge is -2.16. The molecule has 0 bridgehead atoms. The summed E-state index contributed by atoms with van der Waals surface area (Å²) in [5.74, 6) is -1.63. The van der Waals surface area contributed by atoms with Crippen LogP contribution in [0.1, 0.15) is 35.9 Å². The van der Waals surface area contributed by atoms with Gasteiger partial charge in [-0.3, -0.25) is 0 Å². The summed E-state index contributed by atoms with van der Waals surface area (Å²) in [5, 5.41) is 8.33. The number of hydrogen-bond donors (Lipinski definition) is 0. The van der Waals surface area contributed by atoms with E-state index in [4.69, 9.17) is 0 Å². The fraction of sp³-hybridized carbons (Fsp3) is 0.278. The van der Waals surface area contributed by atoms with Gasteiger partial charge in [0.25, 0.3) is 12.2 Å². The minimum absolute atomic E-state index is 0.166. The van der Waals surface area contributed by atoms with Gasteiger partial charge in [-0.25, -0.2) is 18.4 Å². The maximum absolute atomic E-state index is 14.0. The van der Waals surface area contributed by atoms with Crippen LogP contribution in [0.25, 0.3) is 22.4 Å². The standard InChI is InChI=1S/C18H14F5N5/c1-3-10-7-12-25-17(18(21,22)23)26-27(12)16(13(10)15(19)20)28-14-9(2)5-4-6-11(14)8-24-28/h4-8,15H,3H2,1-2H3. The Morgan fingerprint density at radius 3 is 2.57 bits per heavy atom. The first-order valence-corrected chi connectivity index (χ1v) is 8.44. The van der Waals surface area contributed by atoms with E-state index in [9.17, 15) is 22.0 Å². The first-order valence-electron chi connectivity index (χ1n) is 8.44. The molecule has 0 saturated carbocycles. The van der Waals surface area contributed by atoms with Crippen LogP contribution in [0, 0.1) is 6.92 Å². The Labute approximate surface area is 155 Å². The normalized spacial score (nSPS) is 12.6. The van der Waals surface area contributed by atoms with Gasteiger partial charge < -0.3 is 0 Å². The summed E-state index contributed by atoms with van der Waals surface area (Å²) in [4.78, 5) is 3.51. The highest BCUT2D eigenvalue weighted by Gasteiger charge is 2.37. The SMILES string of the molecule is CCc1cc2nc(C(F)(F)F)nn2c(-n2ncc3cccc(C)c32)c1C(F)F. The van der Waals surface area contributed by atoms with Gasteiger partial charge in [0.1, 0.15) is 0 Å². The van der Waals surface area contributed by atoms with Gasteiger partial charge in [0.2, 0.25) is 0 Å². The molecule has 0 aliphatic carbocycles. The van der Waals surface area contributed by atoms with E-state index in [1.807, 2.05) is 0 Å². The Balaban J connectivity index is 2.18. The number of rotatable bonds is 3. The van der Waals surface area contributed by atoms with E-state index in [-0.39, 0.29) is 23.4 Å². The van der Waals surface area contributed by atoms with Crippen molar-refractivity contribution >= 4 is 16.6 Å². The highest BCUT2D eigenvalue weighted by atomic mass is 19.4. The second-order valence-electron chi connectivity index (χ2n) is 6.33. The Bertz CT molecular complexity index is 1190. The predicted octanol–water partition coefficient (Wildman–Crippen LogP) is 4.90. The predicted molar refractivity (Wildman–Crippen MR) is 91.7 cm³/mol. The van der Waals surface area contributed by atoms with Gasteiger partial charge in [0.05, 0.1) is 17.3 Å². The minimum Gasteiger partial charge on any atom is -0.214 e. The van der Waals surface area contributed by atoms with Crippen molar-refractivity contribution in [1.82, 2.24) is 24.4 Å². The topological polar surface area (TPSA) is 48.0 Å². The maximum atomic E-state index is 14.0. The molecule has 146 valence electrons. The van der Waals surface area contributed by atoms with Crippen molar-refractivity contribution in [1.29, 1.82) is 0 Å². The van der Waals surface area contributed by atoms with Gasteiger partial charge in [-0.1, -0.05) is 25.1 Å². The summed E-state index contributed by atoms with van der Waals surface area (Å²) in [7, 11) is 0. The molecule has 3 aromatic heterocycles. The maximum Gasteiger partial charge on any atom is 0.453 e. The van der Waals surface area contributed by atoms with Crippen molar-refractivity contribution in [3.05, 3.63) is 53.0 Å². The lowest BCUT2D eigenvalue weighted by atomic mass is 10.1. The van der Waals surface area contributed by atoms with Crippen LogP contribution in [0.3, 0.4) is 0 Å². The second kappa shape index (κ2) is 6.25. The molecule has 0 unspecified atom stereocenters. The number of hydrogen-bond acceptors (Lipinski definition) is 3. The van der Waals surface area contributed by atoms with Gasteiger partial charge in [0, 0.05) is 5.39 Å². The van der Waals surface area contributed by atoms with Crippen LogP contribution in [0.5, 0.6) is 0 Å². The summed E-state index contributed by atoms with van der Waals surface area (Å²) >= 11 is 0. The Morgan fingerprint density at radius 1 is 1.18 bits per heavy atom. The van der Waals surface area contributed by atoms with E-state index in [1.54, 1.807) is 32.0 Å². The molecule has 28 heavy (non-hydrogen) atoms. The molecule has 3 heterocycles. The van der Waals surface area contributed by atoms with Crippen molar-refractivity contribution in [2.24, 2.45) is 0 Å². The largest absolute Gasteiger partial charge is 0.453 e. The fourth-order valence-electron chi connectivity index (χ4n) is 3.33. The molecule has 4 aromatic rings. The van der Waals surface area contributed by atoms with E-state index >= 15 is 0 Å². The average molecular weight is 395 g/mol. The van der Waals surface area contributed by atoms with E-state index < -0.39 is 24.0 Å². The van der Waals surface area contributed by atoms with Crippen LogP contribution >= 0.6 is 0 Å². The van der Waals surface area contributed by atoms with Gasteiger partial charge in [-0.15, -0.1) is 5.10 Å². The fourth-order valence-corrected chi connectivity index (χ4v) is 3.33. The van der Waals surface area contributed by atoms with Crippen LogP contribution in [0.4, 0.5) is 22.0 Å². The number of pyridine rings is 1. The van der Waals surface area contributed by atoms with Gasteiger partial charge in [0.15, 0.2) is 11.5 Å². The Kier molecular flexibility index (Phi) is 4.09. The minimum atomic E-state index is -4.80. The Hall–Kier alpha value is -3.04. The molecular weight excluding hydrogens is 381 g/mol. The molecule has 0 radical (unpaired) electrons. The Morgan fingerprint density at radius 2 is 1.93 bits per heavy atom. The van der Waals surface area contributed by atoms with Crippen molar-refractivity contribution < 1.29 is 22.0 Å². The third-order valence-electron chi connectivity index (χ3n) is 4.57. The molecule has 0 spiro atoms. The zero-order valence-electron chi connectivity index (χ0n) is 14.8. The number of fused-ring (bicyclic) bond motifs is 2. The molecule has 4 rings (SSSR count). The van der Waals surface area contributed by atoms with Gasteiger partial charge in [-0.2, -0.15) is 22.8 Å². The van der Waals surface area contributed by atoms with Crippen molar-refractivity contribution in [3.8, 4) is 5.82 Å². The van der Waals surface area contributed by atoms with Crippen molar-refractivity contribution in [3.63, 3.8) is 0 Å². The zero-order chi connectivity index (χ0) is 20.2. The number of benzene rings is 1. The van der Waals surface area contributed by atoms with Crippen LogP contribution in [0.15, 0.2) is 30.5 Å². The highest BCUT2D eigenvalue weighted by molar-refractivity contribution is 5.83. The number of halogens is 5. The van der Waals surface area contributed by atoms with Gasteiger partial charge in [-0.05, 0) is 30.5 Å². The van der Waals surface area contributed by atoms with Crippen LogP contribution in [-0.2, 0) is 12.6 Å². The number of nitrogens with zero attached hydrogens (tertiary/aromatic N) is 5. The quantitative estimate of drug-likeness (QED) is 0.464. The van der Waals surface area contributed by atoms with Crippen LogP contribution in [0.2, 0.25) is 0 Å². The third kappa shape index (κ3) is 2.71. The molecule has 0 aliphatic rings. The zero-order valence-corrected chi connectivity index (χ0v) is 14.8. The first kappa shape index (κ1) is 18.3. The highest BCUT2D eigenvalue weighted by Crippen LogP contribution is 2.34. The summed E-state index contributed by atoms with van der Waals surface area (Å²) in [6.45, 7) is 3.42. The molecule has 0 aliphatic heterocycles. The lowest BCUT2D eigenvalue weighted by molar-refractivity contribution is -0.144. The van der Waals surface area contributed by atoms with Crippen molar-refractivity contribution in [2.45, 2.75) is 32.9 Å². The summed E-state index contributed by atoms with van der Waals surface area (Å²) in [6.07, 6.45) is -6.07. The number of alkyl halides is 5. The molecule has 10 heteroatoms. The summed E-state index contributed by atoms with van der Waals surface area (Å²) < 4.78 is 69.5. The molecule has 1 aromatic carbocycles. The molecule has 0 atom stereocenters. The van der Waals surface area contributed by atoms with E-state index in [0.717, 1.165) is 10.1 Å².